The lowest BCUT2D eigenvalue weighted by Gasteiger charge is -2.32. The summed E-state index contributed by atoms with van der Waals surface area (Å²) in [5.74, 6) is -1.57. The van der Waals surface area contributed by atoms with Crippen LogP contribution in [0.5, 0.6) is 0 Å². The number of rotatable bonds is 9. The van der Waals surface area contributed by atoms with Crippen LogP contribution in [0.1, 0.15) is 26.3 Å². The van der Waals surface area contributed by atoms with Crippen LogP contribution in [0.15, 0.2) is 53.0 Å². The predicted octanol–water partition coefficient (Wildman–Crippen LogP) is 3.30. The zero-order valence-electron chi connectivity index (χ0n) is 18.4. The second kappa shape index (κ2) is 10.9. The highest BCUT2D eigenvalue weighted by atomic mass is 79.9. The molecule has 174 valence electrons. The Kier molecular flexibility index (Phi) is 8.80. The number of carbonyl (C=O) groups excluding carboxylic acids is 2. The fourth-order valence-corrected chi connectivity index (χ4v) is 4.13. The number of nitrogens with zero attached hydrogens (tertiary/aromatic N) is 2. The molecule has 32 heavy (non-hydrogen) atoms. The molecule has 2 rings (SSSR count). The van der Waals surface area contributed by atoms with Gasteiger partial charge in [0.1, 0.15) is 18.4 Å². The van der Waals surface area contributed by atoms with Gasteiger partial charge >= 0.3 is 0 Å². The highest BCUT2D eigenvalue weighted by Gasteiger charge is 2.30. The lowest BCUT2D eigenvalue weighted by Crippen LogP contribution is -2.52. The van der Waals surface area contributed by atoms with E-state index in [2.05, 4.69) is 21.2 Å². The van der Waals surface area contributed by atoms with Crippen molar-refractivity contribution in [2.24, 2.45) is 0 Å². The lowest BCUT2D eigenvalue weighted by atomic mass is 10.1. The van der Waals surface area contributed by atoms with Gasteiger partial charge in [0.15, 0.2) is 0 Å². The van der Waals surface area contributed by atoms with E-state index in [0.29, 0.717) is 5.69 Å². The van der Waals surface area contributed by atoms with Gasteiger partial charge in [-0.25, -0.2) is 12.8 Å². The Morgan fingerprint density at radius 2 is 1.66 bits per heavy atom. The van der Waals surface area contributed by atoms with E-state index in [9.17, 15) is 22.4 Å². The van der Waals surface area contributed by atoms with E-state index in [1.165, 1.54) is 30.0 Å². The van der Waals surface area contributed by atoms with Crippen LogP contribution in [0.4, 0.5) is 10.1 Å². The van der Waals surface area contributed by atoms with Gasteiger partial charge in [0, 0.05) is 22.6 Å². The van der Waals surface area contributed by atoms with Crippen LogP contribution in [0.25, 0.3) is 0 Å². The van der Waals surface area contributed by atoms with Gasteiger partial charge < -0.3 is 10.2 Å². The summed E-state index contributed by atoms with van der Waals surface area (Å²) in [5.41, 5.74) is 0.522. The first-order valence-corrected chi connectivity index (χ1v) is 12.6. The van der Waals surface area contributed by atoms with E-state index in [0.717, 1.165) is 15.0 Å². The molecule has 2 aromatic carbocycles. The Hall–Kier alpha value is -2.46. The molecule has 1 N–H and O–H groups in total. The molecule has 0 spiro atoms. The van der Waals surface area contributed by atoms with Gasteiger partial charge in [0.05, 0.1) is 11.9 Å². The van der Waals surface area contributed by atoms with Crippen LogP contribution >= 0.6 is 15.9 Å². The van der Waals surface area contributed by atoms with Crippen LogP contribution in [0.2, 0.25) is 0 Å². The van der Waals surface area contributed by atoms with Crippen LogP contribution in [-0.2, 0) is 26.2 Å². The minimum atomic E-state index is -3.81. The lowest BCUT2D eigenvalue weighted by molar-refractivity contribution is -0.139. The van der Waals surface area contributed by atoms with Gasteiger partial charge in [-0.1, -0.05) is 34.1 Å². The van der Waals surface area contributed by atoms with Gasteiger partial charge in [0.25, 0.3) is 0 Å². The molecule has 10 heteroatoms. The minimum absolute atomic E-state index is 0.161. The maximum Gasteiger partial charge on any atom is 0.244 e. The van der Waals surface area contributed by atoms with Crippen molar-refractivity contribution in [1.29, 1.82) is 0 Å². The van der Waals surface area contributed by atoms with Crippen molar-refractivity contribution in [3.05, 3.63) is 64.4 Å². The SMILES string of the molecule is CC(C)NC(=O)[C@@H](C)N(Cc1ccccc1F)C(=O)CN(c1ccc(Br)cc1)S(C)(=O)=O. The van der Waals surface area contributed by atoms with Gasteiger partial charge in [0.2, 0.25) is 21.8 Å². The number of hydrogen-bond donors (Lipinski definition) is 1. The second-order valence-corrected chi connectivity index (χ2v) is 10.5. The van der Waals surface area contributed by atoms with E-state index in [-0.39, 0.29) is 18.2 Å². The smallest absolute Gasteiger partial charge is 0.244 e. The number of anilines is 1. The Balaban J connectivity index is 2.39. The molecule has 0 fully saturated rings. The number of hydrogen-bond acceptors (Lipinski definition) is 4. The summed E-state index contributed by atoms with van der Waals surface area (Å²) in [4.78, 5) is 27.1. The monoisotopic (exact) mass is 527 g/mol. The van der Waals surface area contributed by atoms with Gasteiger partial charge in [-0.05, 0) is 51.1 Å². The van der Waals surface area contributed by atoms with Crippen LogP contribution in [0.3, 0.4) is 0 Å². The van der Waals surface area contributed by atoms with Crippen molar-refractivity contribution < 1.29 is 22.4 Å². The van der Waals surface area contributed by atoms with Gasteiger partial charge in [-0.2, -0.15) is 0 Å². The van der Waals surface area contributed by atoms with Crippen molar-refractivity contribution in [2.45, 2.75) is 39.4 Å². The molecule has 0 aliphatic heterocycles. The quantitative estimate of drug-likeness (QED) is 0.542. The third kappa shape index (κ3) is 7.03. The molecule has 0 aliphatic rings. The molecule has 0 unspecified atom stereocenters. The van der Waals surface area contributed by atoms with E-state index in [1.54, 1.807) is 44.2 Å². The zero-order valence-corrected chi connectivity index (χ0v) is 20.8. The Morgan fingerprint density at radius 1 is 1.06 bits per heavy atom. The van der Waals surface area contributed by atoms with Crippen molar-refractivity contribution in [3.8, 4) is 0 Å². The Morgan fingerprint density at radius 3 is 2.19 bits per heavy atom. The summed E-state index contributed by atoms with van der Waals surface area (Å²) in [7, 11) is -3.81. The zero-order chi connectivity index (χ0) is 24.1. The summed E-state index contributed by atoms with van der Waals surface area (Å²) in [6.45, 7) is 4.38. The third-order valence-electron chi connectivity index (χ3n) is 4.69. The molecule has 2 amide bonds. The average molecular weight is 528 g/mol. The molecule has 0 saturated heterocycles. The Bertz CT molecular complexity index is 1060. The fourth-order valence-electron chi connectivity index (χ4n) is 3.02. The number of amides is 2. The summed E-state index contributed by atoms with van der Waals surface area (Å²) in [6, 6.07) is 11.3. The summed E-state index contributed by atoms with van der Waals surface area (Å²) in [5, 5.41) is 2.74. The molecule has 0 aromatic heterocycles. The van der Waals surface area contributed by atoms with Crippen LogP contribution in [-0.4, -0.2) is 50.0 Å². The first-order chi connectivity index (χ1) is 14.9. The van der Waals surface area contributed by atoms with Crippen molar-refractivity contribution in [1.82, 2.24) is 10.2 Å². The first-order valence-electron chi connectivity index (χ1n) is 9.96. The Labute approximate surface area is 196 Å². The molecule has 0 saturated carbocycles. The number of benzene rings is 2. The summed E-state index contributed by atoms with van der Waals surface area (Å²) in [6.07, 6.45) is 0.998. The molecule has 2 aromatic rings. The fraction of sp³-hybridized carbons (Fsp3) is 0.364. The van der Waals surface area contributed by atoms with Crippen LogP contribution in [0, 0.1) is 5.82 Å². The molecule has 0 radical (unpaired) electrons. The van der Waals surface area contributed by atoms with Gasteiger partial charge in [-0.15, -0.1) is 0 Å². The number of sulfonamides is 1. The standard InChI is InChI=1S/C22H27BrFN3O4S/c1-15(2)25-22(29)16(3)26(13-17-7-5-6-8-20(17)24)21(28)14-27(32(4,30)31)19-11-9-18(23)10-12-19/h5-12,15-16H,13-14H2,1-4H3,(H,25,29)/t16-/m1/s1. The number of carbonyl (C=O) groups is 2. The number of nitrogens with one attached hydrogen (secondary N) is 1. The van der Waals surface area contributed by atoms with Crippen LogP contribution < -0.4 is 9.62 Å². The van der Waals surface area contributed by atoms with Gasteiger partial charge in [-0.3, -0.25) is 13.9 Å². The molecule has 1 atom stereocenters. The second-order valence-electron chi connectivity index (χ2n) is 7.70. The van der Waals surface area contributed by atoms with Crippen molar-refractivity contribution in [3.63, 3.8) is 0 Å². The maximum absolute atomic E-state index is 14.3. The van der Waals surface area contributed by atoms with E-state index < -0.39 is 40.2 Å². The van der Waals surface area contributed by atoms with Crippen molar-refractivity contribution in [2.75, 3.05) is 17.1 Å². The normalized spacial score (nSPS) is 12.3. The molecule has 0 aliphatic carbocycles. The molecule has 7 nitrogen and oxygen atoms in total. The predicted molar refractivity (Wildman–Crippen MR) is 126 cm³/mol. The van der Waals surface area contributed by atoms with E-state index >= 15 is 0 Å². The van der Waals surface area contributed by atoms with E-state index in [4.69, 9.17) is 0 Å². The third-order valence-corrected chi connectivity index (χ3v) is 6.36. The molecular weight excluding hydrogens is 501 g/mol. The maximum atomic E-state index is 14.3. The molecular formula is C22H27BrFN3O4S. The molecule has 0 heterocycles. The average Bonchev–Trinajstić information content (AvgIpc) is 2.70. The largest absolute Gasteiger partial charge is 0.352 e. The topological polar surface area (TPSA) is 86.8 Å². The highest BCUT2D eigenvalue weighted by molar-refractivity contribution is 9.10. The minimum Gasteiger partial charge on any atom is -0.352 e. The number of halogens is 2. The van der Waals surface area contributed by atoms with E-state index in [1.807, 2.05) is 0 Å². The first kappa shape index (κ1) is 25.8. The van der Waals surface area contributed by atoms with Crippen molar-refractivity contribution >= 4 is 43.5 Å². The summed E-state index contributed by atoms with van der Waals surface area (Å²) >= 11 is 3.29. The highest BCUT2D eigenvalue weighted by Crippen LogP contribution is 2.22. The summed E-state index contributed by atoms with van der Waals surface area (Å²) < 4.78 is 40.9. The molecule has 0 bridgehead atoms.